The average Bonchev–Trinajstić information content (AvgIpc) is 2.49. The molecule has 1 aromatic carbocycles. The van der Waals surface area contributed by atoms with Gasteiger partial charge in [0.2, 0.25) is 0 Å². The first-order valence-corrected chi connectivity index (χ1v) is 8.49. The maximum Gasteiger partial charge on any atom is 0.123 e. The molecule has 1 fully saturated rings. The topological polar surface area (TPSA) is 21.3 Å². The van der Waals surface area contributed by atoms with Crippen LogP contribution in [0.15, 0.2) is 24.3 Å². The van der Waals surface area contributed by atoms with Gasteiger partial charge in [-0.1, -0.05) is 52.8 Å². The molecule has 0 aromatic heterocycles. The number of benzene rings is 1. The third-order valence-corrected chi connectivity index (χ3v) is 5.15. The average molecular weight is 289 g/mol. The minimum atomic E-state index is 0.206. The number of ether oxygens (including phenoxy) is 1. The molecule has 0 bridgehead atoms. The maximum absolute atomic E-state index is 6.39. The molecule has 2 nitrogen and oxygen atoms in total. The zero-order valence-corrected chi connectivity index (χ0v) is 14.3. The number of nitrogens with one attached hydrogen (secondary N) is 1. The monoisotopic (exact) mass is 289 g/mol. The minimum Gasteiger partial charge on any atom is -0.489 e. The Labute approximate surface area is 130 Å². The Morgan fingerprint density at radius 3 is 2.62 bits per heavy atom. The smallest absolute Gasteiger partial charge is 0.123 e. The van der Waals surface area contributed by atoms with E-state index in [-0.39, 0.29) is 5.41 Å². The van der Waals surface area contributed by atoms with Gasteiger partial charge in [-0.2, -0.15) is 0 Å². The highest BCUT2D eigenvalue weighted by Gasteiger charge is 2.49. The van der Waals surface area contributed by atoms with Crippen LogP contribution in [0.2, 0.25) is 0 Å². The van der Waals surface area contributed by atoms with Gasteiger partial charge in [-0.15, -0.1) is 0 Å². The van der Waals surface area contributed by atoms with Crippen molar-refractivity contribution < 1.29 is 4.74 Å². The Balaban J connectivity index is 2.04. The lowest BCUT2D eigenvalue weighted by Gasteiger charge is -2.52. The van der Waals surface area contributed by atoms with Crippen molar-refractivity contribution in [3.63, 3.8) is 0 Å². The predicted octanol–water partition coefficient (Wildman–Crippen LogP) is 4.75. The molecule has 1 aliphatic rings. The van der Waals surface area contributed by atoms with Crippen LogP contribution in [0, 0.1) is 5.41 Å². The molecule has 3 unspecified atom stereocenters. The molecule has 2 rings (SSSR count). The number of para-hydroxylation sites is 1. The fraction of sp³-hybridized carbons (Fsp3) is 0.684. The summed E-state index contributed by atoms with van der Waals surface area (Å²) in [4.78, 5) is 0. The van der Waals surface area contributed by atoms with E-state index in [9.17, 15) is 0 Å². The van der Waals surface area contributed by atoms with E-state index in [0.717, 1.165) is 25.1 Å². The fourth-order valence-corrected chi connectivity index (χ4v) is 3.12. The first-order valence-electron chi connectivity index (χ1n) is 8.49. The van der Waals surface area contributed by atoms with E-state index in [0.29, 0.717) is 18.1 Å². The molecule has 0 saturated heterocycles. The Bertz CT molecular complexity index is 455. The fourth-order valence-electron chi connectivity index (χ4n) is 3.12. The largest absolute Gasteiger partial charge is 0.489 e. The van der Waals surface area contributed by atoms with Crippen molar-refractivity contribution in [2.75, 3.05) is 6.54 Å². The van der Waals surface area contributed by atoms with Crippen molar-refractivity contribution in [1.82, 2.24) is 5.32 Å². The second-order valence-electron chi connectivity index (χ2n) is 7.02. The molecule has 0 heterocycles. The van der Waals surface area contributed by atoms with E-state index in [4.69, 9.17) is 4.74 Å². The van der Waals surface area contributed by atoms with Crippen LogP contribution in [0.5, 0.6) is 5.75 Å². The van der Waals surface area contributed by atoms with E-state index in [2.05, 4.69) is 64.2 Å². The molecule has 118 valence electrons. The summed E-state index contributed by atoms with van der Waals surface area (Å²) in [7, 11) is 0. The summed E-state index contributed by atoms with van der Waals surface area (Å²) in [6.07, 6.45) is 3.77. The highest BCUT2D eigenvalue weighted by atomic mass is 16.5. The molecule has 0 amide bonds. The van der Waals surface area contributed by atoms with Crippen LogP contribution in [-0.4, -0.2) is 18.7 Å². The van der Waals surface area contributed by atoms with Gasteiger partial charge in [-0.25, -0.2) is 0 Å². The molecule has 0 spiro atoms. The van der Waals surface area contributed by atoms with Crippen molar-refractivity contribution in [3.05, 3.63) is 29.8 Å². The number of hydrogen-bond acceptors (Lipinski definition) is 2. The molecular weight excluding hydrogens is 258 g/mol. The van der Waals surface area contributed by atoms with Gasteiger partial charge in [0.15, 0.2) is 0 Å². The molecule has 1 saturated carbocycles. The summed E-state index contributed by atoms with van der Waals surface area (Å²) in [6, 6.07) is 9.12. The Kier molecular flexibility index (Phi) is 5.32. The van der Waals surface area contributed by atoms with Crippen LogP contribution in [-0.2, 0) is 0 Å². The van der Waals surface area contributed by atoms with Crippen molar-refractivity contribution in [2.24, 2.45) is 5.41 Å². The van der Waals surface area contributed by atoms with E-state index >= 15 is 0 Å². The summed E-state index contributed by atoms with van der Waals surface area (Å²) >= 11 is 0. The predicted molar refractivity (Wildman–Crippen MR) is 90.0 cm³/mol. The lowest BCUT2D eigenvalue weighted by atomic mass is 9.64. The van der Waals surface area contributed by atoms with Crippen molar-refractivity contribution in [3.8, 4) is 5.75 Å². The van der Waals surface area contributed by atoms with E-state index in [1.807, 2.05) is 0 Å². The number of hydrogen-bond donors (Lipinski definition) is 1. The molecule has 1 aliphatic carbocycles. The summed E-state index contributed by atoms with van der Waals surface area (Å²) in [5.74, 6) is 1.64. The van der Waals surface area contributed by atoms with Crippen LogP contribution >= 0.6 is 0 Å². The lowest BCUT2D eigenvalue weighted by molar-refractivity contribution is -0.0551. The van der Waals surface area contributed by atoms with Crippen LogP contribution in [0.3, 0.4) is 0 Å². The van der Waals surface area contributed by atoms with Gasteiger partial charge in [-0.3, -0.25) is 0 Å². The molecular formula is C19H31NO. The highest BCUT2D eigenvalue weighted by molar-refractivity contribution is 5.36. The number of rotatable bonds is 7. The first-order chi connectivity index (χ1) is 10.0. The maximum atomic E-state index is 6.39. The molecule has 21 heavy (non-hydrogen) atoms. The Hall–Kier alpha value is -1.02. The molecule has 1 N–H and O–H groups in total. The summed E-state index contributed by atoms with van der Waals surface area (Å²) in [6.45, 7) is 12.5. The Morgan fingerprint density at radius 2 is 2.00 bits per heavy atom. The van der Waals surface area contributed by atoms with Gasteiger partial charge in [0.25, 0.3) is 0 Å². The van der Waals surface area contributed by atoms with Crippen molar-refractivity contribution >= 4 is 0 Å². The normalized spacial score (nSPS) is 25.2. The van der Waals surface area contributed by atoms with Crippen molar-refractivity contribution in [2.45, 2.75) is 71.9 Å². The Morgan fingerprint density at radius 1 is 1.29 bits per heavy atom. The SMILES string of the molecule is CCCNC1CC(Oc2ccccc2C(C)CC)C1(C)C. The van der Waals surface area contributed by atoms with Gasteiger partial charge >= 0.3 is 0 Å². The van der Waals surface area contributed by atoms with Crippen molar-refractivity contribution in [1.29, 1.82) is 0 Å². The standard InChI is InChI=1S/C19H31NO/c1-6-12-20-17-13-18(19(17,4)5)21-16-11-9-8-10-15(16)14(3)7-2/h8-11,14,17-18,20H,6-7,12-13H2,1-5H3. The van der Waals surface area contributed by atoms with E-state index in [1.54, 1.807) is 0 Å². The van der Waals surface area contributed by atoms with Crippen LogP contribution < -0.4 is 10.1 Å². The third-order valence-electron chi connectivity index (χ3n) is 5.15. The van der Waals surface area contributed by atoms with Crippen LogP contribution in [0.25, 0.3) is 0 Å². The zero-order chi connectivity index (χ0) is 15.5. The molecule has 0 radical (unpaired) electrons. The second kappa shape index (κ2) is 6.83. The molecule has 3 atom stereocenters. The summed E-state index contributed by atoms with van der Waals surface area (Å²) in [5, 5.41) is 3.64. The summed E-state index contributed by atoms with van der Waals surface area (Å²) in [5.41, 5.74) is 1.55. The van der Waals surface area contributed by atoms with Gasteiger partial charge < -0.3 is 10.1 Å². The van der Waals surface area contributed by atoms with E-state index < -0.39 is 0 Å². The van der Waals surface area contributed by atoms with Gasteiger partial charge in [0.1, 0.15) is 11.9 Å². The first kappa shape index (κ1) is 16.4. The van der Waals surface area contributed by atoms with Gasteiger partial charge in [0.05, 0.1) is 0 Å². The highest BCUT2D eigenvalue weighted by Crippen LogP contribution is 2.44. The lowest BCUT2D eigenvalue weighted by Crippen LogP contribution is -2.62. The summed E-state index contributed by atoms with van der Waals surface area (Å²) < 4.78 is 6.39. The van der Waals surface area contributed by atoms with Gasteiger partial charge in [-0.05, 0) is 36.9 Å². The molecule has 1 aromatic rings. The van der Waals surface area contributed by atoms with Gasteiger partial charge in [0, 0.05) is 17.9 Å². The molecule has 2 heteroatoms. The van der Waals surface area contributed by atoms with E-state index in [1.165, 1.54) is 12.0 Å². The van der Waals surface area contributed by atoms with Crippen LogP contribution in [0.4, 0.5) is 0 Å². The zero-order valence-electron chi connectivity index (χ0n) is 14.3. The third kappa shape index (κ3) is 3.42. The molecule has 0 aliphatic heterocycles. The minimum absolute atomic E-state index is 0.206. The second-order valence-corrected chi connectivity index (χ2v) is 7.02. The quantitative estimate of drug-likeness (QED) is 0.782. The van der Waals surface area contributed by atoms with Crippen LogP contribution in [0.1, 0.15) is 65.4 Å².